The molecule has 4 rings (SSSR count). The monoisotopic (exact) mass is 639 g/mol. The molecule has 2 aliphatic heterocycles. The maximum atomic E-state index is 13.1. The number of carbonyl (C=O) groups is 4. The molecule has 41 heavy (non-hydrogen) atoms. The van der Waals surface area contributed by atoms with Crippen LogP contribution in [0, 0.1) is 0 Å². The lowest BCUT2D eigenvalue weighted by atomic mass is 10.0. The molecular formula is C22H25N9O6S4. The number of carbonyl (C=O) groups excluding carboxylic acids is 3. The highest BCUT2D eigenvalue weighted by Gasteiger charge is 2.54. The number of anilines is 1. The SMILES string of the molecule is C[C@H](N)C(=O)Nc1nc(/C(=N/O)C(=O)N[C@@H]2C(=O)N3C(C(=O)O)=C(Sc4cccnc4CSCCN)CS[C@@H]23)ns1. The van der Waals surface area contributed by atoms with Crippen LogP contribution in [0.25, 0.3) is 0 Å². The van der Waals surface area contributed by atoms with Gasteiger partial charge in [0.2, 0.25) is 22.6 Å². The van der Waals surface area contributed by atoms with Crippen LogP contribution in [0.1, 0.15) is 18.4 Å². The molecule has 0 bridgehead atoms. The van der Waals surface area contributed by atoms with E-state index in [0.29, 0.717) is 17.2 Å². The van der Waals surface area contributed by atoms with Crippen molar-refractivity contribution in [2.75, 3.05) is 23.4 Å². The summed E-state index contributed by atoms with van der Waals surface area (Å²) in [6.45, 7) is 2.00. The Morgan fingerprint density at radius 1 is 1.37 bits per heavy atom. The summed E-state index contributed by atoms with van der Waals surface area (Å²) in [6, 6.07) is 1.71. The van der Waals surface area contributed by atoms with E-state index in [1.807, 2.05) is 6.07 Å². The standard InChI is InChI=1S/C22H25N9O6S4/c1-9(24)17(32)28-22-27-16(30-41-22)13(29-37)18(33)26-14-19(34)31-15(21(35)36)12(8-39-20(14)31)40-11-3-2-5-25-10(11)7-38-6-4-23/h2-3,5,9,14,20,37H,4,6-8,23-24H2,1H3,(H,26,33)(H,35,36)(H,27,28,30,32)/b29-13-/t9-,14+,20-/m0/s1. The smallest absolute Gasteiger partial charge is 0.353 e. The van der Waals surface area contributed by atoms with Crippen LogP contribution in [-0.4, -0.2) is 94.5 Å². The van der Waals surface area contributed by atoms with Crippen molar-refractivity contribution in [2.45, 2.75) is 35.0 Å². The fourth-order valence-corrected chi connectivity index (χ4v) is 7.64. The number of hydrogen-bond acceptors (Lipinski definition) is 15. The molecular weight excluding hydrogens is 615 g/mol. The summed E-state index contributed by atoms with van der Waals surface area (Å²) in [6.07, 6.45) is 1.66. The van der Waals surface area contributed by atoms with Crippen molar-refractivity contribution in [3.8, 4) is 0 Å². The van der Waals surface area contributed by atoms with E-state index in [4.69, 9.17) is 11.5 Å². The fraction of sp³-hybridized carbons (Fsp3) is 0.364. The molecule has 3 atom stereocenters. The number of thioether (sulfide) groups is 3. The van der Waals surface area contributed by atoms with Gasteiger partial charge in [-0.2, -0.15) is 21.1 Å². The quantitative estimate of drug-likeness (QED) is 0.0593. The van der Waals surface area contributed by atoms with Crippen molar-refractivity contribution in [1.29, 1.82) is 0 Å². The number of nitrogens with zero attached hydrogens (tertiary/aromatic N) is 5. The van der Waals surface area contributed by atoms with Gasteiger partial charge in [0.1, 0.15) is 17.1 Å². The molecule has 15 nitrogen and oxygen atoms in total. The van der Waals surface area contributed by atoms with Gasteiger partial charge in [-0.15, -0.1) is 11.8 Å². The third kappa shape index (κ3) is 6.81. The Bertz CT molecular complexity index is 1420. The number of amides is 3. The molecule has 0 unspecified atom stereocenters. The number of aliphatic carboxylic acids is 1. The fourth-order valence-electron chi connectivity index (χ4n) is 3.67. The molecule has 8 N–H and O–H groups in total. The van der Waals surface area contributed by atoms with Crippen molar-refractivity contribution in [2.24, 2.45) is 16.6 Å². The van der Waals surface area contributed by atoms with Crippen LogP contribution in [-0.2, 0) is 24.9 Å². The van der Waals surface area contributed by atoms with Gasteiger partial charge >= 0.3 is 5.97 Å². The molecule has 0 aromatic carbocycles. The number of pyridine rings is 1. The lowest BCUT2D eigenvalue weighted by molar-refractivity contribution is -0.150. The number of β-lactam (4-membered cyclic amide) rings is 1. The van der Waals surface area contributed by atoms with Gasteiger partial charge in [-0.3, -0.25) is 29.6 Å². The number of hydrogen-bond donors (Lipinski definition) is 6. The molecule has 0 radical (unpaired) electrons. The zero-order valence-electron chi connectivity index (χ0n) is 21.3. The molecule has 2 aromatic heterocycles. The molecule has 3 amide bonds. The zero-order valence-corrected chi connectivity index (χ0v) is 24.6. The van der Waals surface area contributed by atoms with Gasteiger partial charge in [-0.1, -0.05) is 16.9 Å². The Labute approximate surface area is 250 Å². The summed E-state index contributed by atoms with van der Waals surface area (Å²) >= 11 is 4.88. The Hall–Kier alpha value is -3.23. The third-order valence-corrected chi connectivity index (χ3v) is 9.87. The Morgan fingerprint density at radius 3 is 2.83 bits per heavy atom. The minimum Gasteiger partial charge on any atom is -0.477 e. The van der Waals surface area contributed by atoms with Crippen LogP contribution in [0.5, 0.6) is 0 Å². The predicted octanol–water partition coefficient (Wildman–Crippen LogP) is 0.0774. The summed E-state index contributed by atoms with van der Waals surface area (Å²) in [5.41, 5.74) is 11.1. The summed E-state index contributed by atoms with van der Waals surface area (Å²) in [5, 5.41) is 26.6. The molecule has 1 saturated heterocycles. The highest BCUT2D eigenvalue weighted by atomic mass is 32.2. The Balaban J connectivity index is 1.47. The van der Waals surface area contributed by atoms with Crippen LogP contribution in [0.2, 0.25) is 0 Å². The Morgan fingerprint density at radius 2 is 2.15 bits per heavy atom. The van der Waals surface area contributed by atoms with Gasteiger partial charge in [0.15, 0.2) is 0 Å². The van der Waals surface area contributed by atoms with Crippen molar-refractivity contribution >= 4 is 81.4 Å². The van der Waals surface area contributed by atoms with E-state index in [2.05, 4.69) is 30.1 Å². The highest BCUT2D eigenvalue weighted by molar-refractivity contribution is 8.06. The molecule has 19 heteroatoms. The van der Waals surface area contributed by atoms with Crippen molar-refractivity contribution in [1.82, 2.24) is 24.6 Å². The van der Waals surface area contributed by atoms with Gasteiger partial charge in [0, 0.05) is 51.3 Å². The third-order valence-electron chi connectivity index (χ3n) is 5.60. The number of nitrogens with one attached hydrogen (secondary N) is 2. The van der Waals surface area contributed by atoms with Crippen LogP contribution >= 0.6 is 46.8 Å². The molecule has 2 aromatic rings. The second kappa shape index (κ2) is 13.6. The van der Waals surface area contributed by atoms with Gasteiger partial charge < -0.3 is 27.1 Å². The van der Waals surface area contributed by atoms with E-state index >= 15 is 0 Å². The van der Waals surface area contributed by atoms with Gasteiger partial charge in [-0.05, 0) is 19.1 Å². The topological polar surface area (TPSA) is 239 Å². The summed E-state index contributed by atoms with van der Waals surface area (Å²) in [4.78, 5) is 60.8. The van der Waals surface area contributed by atoms with E-state index < -0.39 is 46.9 Å². The molecule has 2 aliphatic rings. The van der Waals surface area contributed by atoms with Gasteiger partial charge in [0.25, 0.3) is 11.8 Å². The molecule has 4 heterocycles. The van der Waals surface area contributed by atoms with E-state index in [0.717, 1.165) is 32.8 Å². The number of rotatable bonds is 12. The molecule has 218 valence electrons. The maximum Gasteiger partial charge on any atom is 0.353 e. The first kappa shape index (κ1) is 30.7. The van der Waals surface area contributed by atoms with Crippen LogP contribution in [0.3, 0.4) is 0 Å². The minimum absolute atomic E-state index is 0.0287. The first-order valence-electron chi connectivity index (χ1n) is 11.9. The zero-order chi connectivity index (χ0) is 29.7. The second-order valence-electron chi connectivity index (χ2n) is 8.48. The average molecular weight is 640 g/mol. The first-order chi connectivity index (χ1) is 19.7. The molecule has 0 spiro atoms. The number of fused-ring (bicyclic) bond motifs is 1. The molecule has 0 aliphatic carbocycles. The van der Waals surface area contributed by atoms with Crippen LogP contribution < -0.4 is 22.1 Å². The lowest BCUT2D eigenvalue weighted by Crippen LogP contribution is -2.71. The molecule has 1 fully saturated rings. The van der Waals surface area contributed by atoms with E-state index in [9.17, 15) is 29.5 Å². The minimum atomic E-state index is -1.27. The van der Waals surface area contributed by atoms with E-state index in [-0.39, 0.29) is 22.4 Å². The Kier molecular flexibility index (Phi) is 10.2. The number of aromatic nitrogens is 3. The summed E-state index contributed by atoms with van der Waals surface area (Å²) in [7, 11) is 0. The average Bonchev–Trinajstić information content (AvgIpc) is 3.40. The van der Waals surface area contributed by atoms with Crippen LogP contribution in [0.15, 0.2) is 39.0 Å². The normalized spacial score (nSPS) is 19.3. The van der Waals surface area contributed by atoms with E-state index in [1.165, 1.54) is 30.4 Å². The lowest BCUT2D eigenvalue weighted by Gasteiger charge is -2.49. The van der Waals surface area contributed by atoms with Crippen molar-refractivity contribution in [3.05, 3.63) is 40.5 Å². The first-order valence-corrected chi connectivity index (χ1v) is 15.7. The van der Waals surface area contributed by atoms with Crippen molar-refractivity contribution < 1.29 is 29.5 Å². The van der Waals surface area contributed by atoms with Crippen LogP contribution in [0.4, 0.5) is 5.13 Å². The summed E-state index contributed by atoms with van der Waals surface area (Å²) in [5.74, 6) is -2.04. The number of carboxylic acids is 1. The number of carboxylic acid groups (broad SMARTS) is 1. The van der Waals surface area contributed by atoms with Gasteiger partial charge in [0.05, 0.1) is 11.7 Å². The second-order valence-corrected chi connectivity index (χ2v) is 12.6. The predicted molar refractivity (Wildman–Crippen MR) is 156 cm³/mol. The largest absolute Gasteiger partial charge is 0.477 e. The molecule has 0 saturated carbocycles. The van der Waals surface area contributed by atoms with Gasteiger partial charge in [-0.25, -0.2) is 4.79 Å². The summed E-state index contributed by atoms with van der Waals surface area (Å²) < 4.78 is 3.91. The van der Waals surface area contributed by atoms with Crippen molar-refractivity contribution in [3.63, 3.8) is 0 Å². The highest BCUT2D eigenvalue weighted by Crippen LogP contribution is 2.45. The number of oxime groups is 1. The maximum absolute atomic E-state index is 13.1. The van der Waals surface area contributed by atoms with E-state index in [1.54, 1.807) is 24.0 Å². The number of nitrogens with two attached hydrogens (primary N) is 2.